The molecule has 0 fully saturated rings. The molecular formula is C16H15Br2Cl2NO. The summed E-state index contributed by atoms with van der Waals surface area (Å²) in [6.07, 6.45) is 0.0943. The topological polar surface area (TPSA) is 21.3 Å². The smallest absolute Gasteiger partial charge is 0.138 e. The van der Waals surface area contributed by atoms with Crippen molar-refractivity contribution in [1.82, 2.24) is 0 Å². The Morgan fingerprint density at radius 1 is 1.05 bits per heavy atom. The molecule has 0 atom stereocenters. The van der Waals surface area contributed by atoms with Crippen molar-refractivity contribution in [3.05, 3.63) is 54.9 Å². The third-order valence-corrected chi connectivity index (χ3v) is 4.27. The van der Waals surface area contributed by atoms with Crippen molar-refractivity contribution < 1.29 is 4.74 Å². The molecule has 2 aromatic rings. The molecule has 0 heterocycles. The molecular weight excluding hydrogens is 453 g/mol. The molecule has 1 N–H and O–H groups in total. The summed E-state index contributed by atoms with van der Waals surface area (Å²) in [6.45, 7) is 4.60. The minimum Gasteiger partial charge on any atom is -0.489 e. The van der Waals surface area contributed by atoms with Crippen LogP contribution >= 0.6 is 55.1 Å². The Morgan fingerprint density at radius 3 is 2.27 bits per heavy atom. The third-order valence-electron chi connectivity index (χ3n) is 2.78. The van der Waals surface area contributed by atoms with Gasteiger partial charge in [0, 0.05) is 32.3 Å². The average Bonchev–Trinajstić information content (AvgIpc) is 2.38. The van der Waals surface area contributed by atoms with Crippen molar-refractivity contribution in [3.8, 4) is 5.75 Å². The van der Waals surface area contributed by atoms with Gasteiger partial charge in [-0.15, -0.1) is 0 Å². The quantitative estimate of drug-likeness (QED) is 0.515. The first-order valence-corrected chi connectivity index (χ1v) is 9.04. The van der Waals surface area contributed by atoms with Crippen LogP contribution in [0.2, 0.25) is 10.0 Å². The van der Waals surface area contributed by atoms with Crippen LogP contribution in [0.3, 0.4) is 0 Å². The van der Waals surface area contributed by atoms with Gasteiger partial charge in [0.05, 0.1) is 10.6 Å². The summed E-state index contributed by atoms with van der Waals surface area (Å²) in [6, 6.07) is 9.38. The van der Waals surface area contributed by atoms with Gasteiger partial charge in [-0.1, -0.05) is 39.1 Å². The SMILES string of the molecule is CC(C)Oc1c(Br)cc(Br)cc1CNc1cc(Cl)cc(Cl)c1. The third kappa shape index (κ3) is 5.05. The molecule has 0 aliphatic heterocycles. The van der Waals surface area contributed by atoms with E-state index in [-0.39, 0.29) is 6.10 Å². The number of hydrogen-bond acceptors (Lipinski definition) is 2. The molecule has 0 radical (unpaired) electrons. The normalized spacial score (nSPS) is 10.9. The van der Waals surface area contributed by atoms with Crippen molar-refractivity contribution in [2.45, 2.75) is 26.5 Å². The maximum absolute atomic E-state index is 6.02. The average molecular weight is 468 g/mol. The Bertz CT molecular complexity index is 657. The molecule has 0 saturated heterocycles. The van der Waals surface area contributed by atoms with E-state index in [0.717, 1.165) is 25.9 Å². The van der Waals surface area contributed by atoms with Crippen molar-refractivity contribution in [2.24, 2.45) is 0 Å². The molecule has 2 aromatic carbocycles. The van der Waals surface area contributed by atoms with Crippen LogP contribution in [0.5, 0.6) is 5.75 Å². The molecule has 2 rings (SSSR count). The zero-order chi connectivity index (χ0) is 16.3. The van der Waals surface area contributed by atoms with Gasteiger partial charge >= 0.3 is 0 Å². The predicted octanol–water partition coefficient (Wildman–Crippen LogP) is 6.92. The van der Waals surface area contributed by atoms with Crippen molar-refractivity contribution >= 4 is 60.7 Å². The minimum atomic E-state index is 0.0943. The standard InChI is InChI=1S/C16H15Br2Cl2NO/c1-9(2)22-16-10(3-11(17)4-15(16)18)8-21-14-6-12(19)5-13(20)7-14/h3-7,9,21H,8H2,1-2H3. The van der Waals surface area contributed by atoms with E-state index in [9.17, 15) is 0 Å². The lowest BCUT2D eigenvalue weighted by molar-refractivity contribution is 0.238. The molecule has 118 valence electrons. The molecule has 0 aliphatic rings. The van der Waals surface area contributed by atoms with E-state index in [1.165, 1.54) is 0 Å². The van der Waals surface area contributed by atoms with Crippen molar-refractivity contribution in [1.29, 1.82) is 0 Å². The van der Waals surface area contributed by atoms with Crippen LogP contribution in [-0.4, -0.2) is 6.10 Å². The molecule has 0 saturated carbocycles. The maximum atomic E-state index is 6.02. The fourth-order valence-electron chi connectivity index (χ4n) is 1.97. The second-order valence-corrected chi connectivity index (χ2v) is 7.70. The Balaban J connectivity index is 2.24. The van der Waals surface area contributed by atoms with Crippen LogP contribution < -0.4 is 10.1 Å². The van der Waals surface area contributed by atoms with Gasteiger partial charge in [-0.2, -0.15) is 0 Å². The maximum Gasteiger partial charge on any atom is 0.138 e. The zero-order valence-electron chi connectivity index (χ0n) is 12.1. The van der Waals surface area contributed by atoms with Crippen LogP contribution in [0, 0.1) is 0 Å². The number of hydrogen-bond donors (Lipinski definition) is 1. The Hall–Kier alpha value is -0.420. The number of anilines is 1. The van der Waals surface area contributed by atoms with Crippen molar-refractivity contribution in [3.63, 3.8) is 0 Å². The van der Waals surface area contributed by atoms with Gasteiger partial charge < -0.3 is 10.1 Å². The van der Waals surface area contributed by atoms with Gasteiger partial charge in [-0.25, -0.2) is 0 Å². The van der Waals surface area contributed by atoms with Gasteiger partial charge in [0.15, 0.2) is 0 Å². The summed E-state index contributed by atoms with van der Waals surface area (Å²) in [5.74, 6) is 0.832. The first-order valence-electron chi connectivity index (χ1n) is 6.69. The molecule has 2 nitrogen and oxygen atoms in total. The molecule has 0 aromatic heterocycles. The number of benzene rings is 2. The zero-order valence-corrected chi connectivity index (χ0v) is 16.8. The monoisotopic (exact) mass is 465 g/mol. The highest BCUT2D eigenvalue weighted by Gasteiger charge is 2.12. The second-order valence-electron chi connectivity index (χ2n) is 5.05. The summed E-state index contributed by atoms with van der Waals surface area (Å²) in [5.41, 5.74) is 1.90. The Morgan fingerprint density at radius 2 is 1.68 bits per heavy atom. The fourth-order valence-corrected chi connectivity index (χ4v) is 3.90. The molecule has 0 bridgehead atoms. The Labute approximate surface area is 157 Å². The summed E-state index contributed by atoms with van der Waals surface area (Å²) in [5, 5.41) is 4.52. The van der Waals surface area contributed by atoms with Crippen LogP contribution in [0.1, 0.15) is 19.4 Å². The number of nitrogens with one attached hydrogen (secondary N) is 1. The van der Waals surface area contributed by atoms with Gasteiger partial charge in [0.25, 0.3) is 0 Å². The summed E-state index contributed by atoms with van der Waals surface area (Å²) < 4.78 is 7.80. The highest BCUT2D eigenvalue weighted by molar-refractivity contribution is 9.11. The lowest BCUT2D eigenvalue weighted by Crippen LogP contribution is -2.10. The highest BCUT2D eigenvalue weighted by Crippen LogP contribution is 2.34. The summed E-state index contributed by atoms with van der Waals surface area (Å²) >= 11 is 19.1. The fraction of sp³-hybridized carbons (Fsp3) is 0.250. The molecule has 6 heteroatoms. The lowest BCUT2D eigenvalue weighted by atomic mass is 10.2. The number of ether oxygens (including phenoxy) is 1. The van der Waals surface area contributed by atoms with E-state index in [1.54, 1.807) is 6.07 Å². The van der Waals surface area contributed by atoms with E-state index >= 15 is 0 Å². The first kappa shape index (κ1) is 17.9. The van der Waals surface area contributed by atoms with Gasteiger partial charge in [-0.3, -0.25) is 0 Å². The van der Waals surface area contributed by atoms with E-state index < -0.39 is 0 Å². The van der Waals surface area contributed by atoms with Crippen molar-refractivity contribution in [2.75, 3.05) is 5.32 Å². The second kappa shape index (κ2) is 7.91. The minimum absolute atomic E-state index is 0.0943. The summed E-state index contributed by atoms with van der Waals surface area (Å²) in [7, 11) is 0. The van der Waals surface area contributed by atoms with E-state index in [1.807, 2.05) is 38.1 Å². The van der Waals surface area contributed by atoms with E-state index in [2.05, 4.69) is 37.2 Å². The van der Waals surface area contributed by atoms with Gasteiger partial charge in [-0.05, 0) is 60.1 Å². The number of rotatable bonds is 5. The number of halogens is 4. The van der Waals surface area contributed by atoms with Crippen LogP contribution in [0.4, 0.5) is 5.69 Å². The van der Waals surface area contributed by atoms with Gasteiger partial charge in [0.2, 0.25) is 0 Å². The van der Waals surface area contributed by atoms with E-state index in [0.29, 0.717) is 16.6 Å². The van der Waals surface area contributed by atoms with Crippen LogP contribution in [0.25, 0.3) is 0 Å². The summed E-state index contributed by atoms with van der Waals surface area (Å²) in [4.78, 5) is 0. The molecule has 22 heavy (non-hydrogen) atoms. The molecule has 0 unspecified atom stereocenters. The Kier molecular flexibility index (Phi) is 6.45. The first-order chi connectivity index (χ1) is 10.3. The van der Waals surface area contributed by atoms with Gasteiger partial charge in [0.1, 0.15) is 5.75 Å². The highest BCUT2D eigenvalue weighted by atomic mass is 79.9. The molecule has 0 amide bonds. The largest absolute Gasteiger partial charge is 0.489 e. The predicted molar refractivity (Wildman–Crippen MR) is 101 cm³/mol. The van der Waals surface area contributed by atoms with Crippen LogP contribution in [-0.2, 0) is 6.54 Å². The van der Waals surface area contributed by atoms with Crippen LogP contribution in [0.15, 0.2) is 39.3 Å². The molecule has 0 spiro atoms. The van der Waals surface area contributed by atoms with E-state index in [4.69, 9.17) is 27.9 Å². The molecule has 0 aliphatic carbocycles. The lowest BCUT2D eigenvalue weighted by Gasteiger charge is -2.17.